The Labute approximate surface area is 182 Å². The first kappa shape index (κ1) is 20.1. The van der Waals surface area contributed by atoms with E-state index >= 15 is 0 Å². The van der Waals surface area contributed by atoms with Crippen LogP contribution >= 0.6 is 23.6 Å². The highest BCUT2D eigenvalue weighted by atomic mass is 32.1. The maximum absolute atomic E-state index is 12.7. The van der Waals surface area contributed by atoms with Gasteiger partial charge in [-0.05, 0) is 36.0 Å². The van der Waals surface area contributed by atoms with E-state index in [1.807, 2.05) is 41.0 Å². The maximum atomic E-state index is 12.7. The molecule has 0 aliphatic carbocycles. The predicted molar refractivity (Wildman–Crippen MR) is 122 cm³/mol. The number of ether oxygens (including phenoxy) is 2. The van der Waals surface area contributed by atoms with Gasteiger partial charge >= 0.3 is 0 Å². The second-order valence-electron chi connectivity index (χ2n) is 6.47. The Kier molecular flexibility index (Phi) is 5.78. The molecular weight excluding hydrogens is 418 g/mol. The molecule has 0 amide bonds. The Hall–Kier alpha value is -3.23. The molecule has 0 atom stereocenters. The molecule has 0 radical (unpaired) electrons. The van der Waals surface area contributed by atoms with Crippen LogP contribution in [-0.2, 0) is 6.54 Å². The first-order valence-electron chi connectivity index (χ1n) is 9.20. The third-order valence-corrected chi connectivity index (χ3v) is 5.94. The van der Waals surface area contributed by atoms with Crippen LogP contribution < -0.4 is 15.0 Å². The number of methoxy groups -OCH3 is 1. The minimum atomic E-state index is -0.219. The third-order valence-electron chi connectivity index (χ3n) is 4.50. The zero-order valence-corrected chi connectivity index (χ0v) is 17.9. The zero-order chi connectivity index (χ0) is 21.1. The molecule has 0 saturated carbocycles. The number of benzene rings is 2. The lowest BCUT2D eigenvalue weighted by molar-refractivity contribution is 0.326. The number of H-pyrrole nitrogens is 1. The minimum Gasteiger partial charge on any atom is -0.493 e. The topological polar surface area (TPSA) is 69.1 Å². The number of nitrogens with one attached hydrogen (secondary N) is 1. The lowest BCUT2D eigenvalue weighted by Gasteiger charge is -2.11. The Morgan fingerprint density at radius 1 is 1.23 bits per heavy atom. The Morgan fingerprint density at radius 3 is 2.77 bits per heavy atom. The normalized spacial score (nSPS) is 10.8. The molecule has 2 aromatic heterocycles. The molecule has 8 heteroatoms. The van der Waals surface area contributed by atoms with Crippen LogP contribution in [0, 0.1) is 3.95 Å². The number of aromatic amines is 1. The van der Waals surface area contributed by atoms with E-state index < -0.39 is 0 Å². The first-order chi connectivity index (χ1) is 14.6. The van der Waals surface area contributed by atoms with Gasteiger partial charge in [0.15, 0.2) is 21.1 Å². The van der Waals surface area contributed by atoms with Gasteiger partial charge in [-0.25, -0.2) is 4.98 Å². The van der Waals surface area contributed by atoms with Crippen LogP contribution in [0.2, 0.25) is 0 Å². The summed E-state index contributed by atoms with van der Waals surface area (Å²) in [5, 5.41) is 0. The lowest BCUT2D eigenvalue weighted by Crippen LogP contribution is -2.10. The van der Waals surface area contributed by atoms with Crippen LogP contribution in [0.1, 0.15) is 5.56 Å². The molecule has 0 unspecified atom stereocenters. The van der Waals surface area contributed by atoms with E-state index in [1.165, 1.54) is 11.3 Å². The highest BCUT2D eigenvalue weighted by Gasteiger charge is 2.15. The van der Waals surface area contributed by atoms with Crippen LogP contribution in [0.25, 0.3) is 21.7 Å². The predicted octanol–water partition coefficient (Wildman–Crippen LogP) is 4.80. The highest BCUT2D eigenvalue weighted by molar-refractivity contribution is 7.73. The Morgan fingerprint density at radius 2 is 2.03 bits per heavy atom. The summed E-state index contributed by atoms with van der Waals surface area (Å²) in [6.07, 6.45) is 1.66. The van der Waals surface area contributed by atoms with Crippen molar-refractivity contribution in [3.05, 3.63) is 81.1 Å². The summed E-state index contributed by atoms with van der Waals surface area (Å²) < 4.78 is 14.0. The molecule has 0 fully saturated rings. The Balaban J connectivity index is 1.81. The van der Waals surface area contributed by atoms with Gasteiger partial charge < -0.3 is 19.0 Å². The SMILES string of the molecule is C=CCOc1ccc(-c2nc3c(sc(=S)n3Cc3ccccc3)c(=O)[nH]2)cc1OC. The van der Waals surface area contributed by atoms with Crippen molar-refractivity contribution in [2.24, 2.45) is 0 Å². The van der Waals surface area contributed by atoms with Gasteiger partial charge in [-0.15, -0.1) is 0 Å². The van der Waals surface area contributed by atoms with Crippen molar-refractivity contribution in [1.82, 2.24) is 14.5 Å². The summed E-state index contributed by atoms with van der Waals surface area (Å²) in [5.41, 5.74) is 2.14. The number of aromatic nitrogens is 3. The monoisotopic (exact) mass is 437 g/mol. The van der Waals surface area contributed by atoms with Crippen molar-refractivity contribution in [2.75, 3.05) is 13.7 Å². The summed E-state index contributed by atoms with van der Waals surface area (Å²) in [4.78, 5) is 20.3. The second-order valence-corrected chi connectivity index (χ2v) is 8.12. The number of nitrogens with zero attached hydrogens (tertiary/aromatic N) is 2. The van der Waals surface area contributed by atoms with Crippen LogP contribution in [0.3, 0.4) is 0 Å². The average Bonchev–Trinajstić information content (AvgIpc) is 3.08. The Bertz CT molecular complexity index is 1320. The molecule has 152 valence electrons. The lowest BCUT2D eigenvalue weighted by atomic mass is 10.2. The van der Waals surface area contributed by atoms with Crippen LogP contribution in [-0.4, -0.2) is 28.3 Å². The molecule has 0 aliphatic rings. The molecular formula is C22H19N3O3S2. The fourth-order valence-corrected chi connectivity index (χ4v) is 4.31. The summed E-state index contributed by atoms with van der Waals surface area (Å²) in [7, 11) is 1.56. The highest BCUT2D eigenvalue weighted by Crippen LogP contribution is 2.32. The van der Waals surface area contributed by atoms with Crippen molar-refractivity contribution < 1.29 is 9.47 Å². The summed E-state index contributed by atoms with van der Waals surface area (Å²) in [6, 6.07) is 15.3. The molecule has 0 spiro atoms. The molecule has 30 heavy (non-hydrogen) atoms. The van der Waals surface area contributed by atoms with Crippen LogP contribution in [0.5, 0.6) is 11.5 Å². The number of rotatable bonds is 7. The van der Waals surface area contributed by atoms with E-state index in [2.05, 4.69) is 11.6 Å². The van der Waals surface area contributed by atoms with E-state index in [1.54, 1.807) is 25.3 Å². The van der Waals surface area contributed by atoms with Gasteiger partial charge in [0.25, 0.3) is 5.56 Å². The summed E-state index contributed by atoms with van der Waals surface area (Å²) in [5.74, 6) is 1.58. The van der Waals surface area contributed by atoms with Gasteiger partial charge in [0.05, 0.1) is 13.7 Å². The number of hydrogen-bond acceptors (Lipinski definition) is 6. The fraction of sp³-hybridized carbons (Fsp3) is 0.136. The molecule has 0 aliphatic heterocycles. The van der Waals surface area contributed by atoms with E-state index in [4.69, 9.17) is 26.7 Å². The second kappa shape index (κ2) is 8.64. The first-order valence-corrected chi connectivity index (χ1v) is 10.4. The van der Waals surface area contributed by atoms with Crippen LogP contribution in [0.15, 0.2) is 66.0 Å². The van der Waals surface area contributed by atoms with Gasteiger partial charge in [0, 0.05) is 5.56 Å². The number of hydrogen-bond donors (Lipinski definition) is 1. The zero-order valence-electron chi connectivity index (χ0n) is 16.3. The van der Waals surface area contributed by atoms with Gasteiger partial charge in [-0.2, -0.15) is 0 Å². The maximum Gasteiger partial charge on any atom is 0.270 e. The third kappa shape index (κ3) is 3.92. The van der Waals surface area contributed by atoms with Crippen molar-refractivity contribution in [1.29, 1.82) is 0 Å². The fourth-order valence-electron chi connectivity index (χ4n) is 3.08. The largest absolute Gasteiger partial charge is 0.493 e. The molecule has 0 bridgehead atoms. The van der Waals surface area contributed by atoms with Crippen molar-refractivity contribution in [3.63, 3.8) is 0 Å². The molecule has 4 rings (SSSR count). The molecule has 6 nitrogen and oxygen atoms in total. The summed E-state index contributed by atoms with van der Waals surface area (Å²) >= 11 is 6.78. The molecule has 1 N–H and O–H groups in total. The van der Waals surface area contributed by atoms with E-state index in [0.29, 0.717) is 50.3 Å². The van der Waals surface area contributed by atoms with Crippen molar-refractivity contribution in [3.8, 4) is 22.9 Å². The quantitative estimate of drug-likeness (QED) is 0.332. The van der Waals surface area contributed by atoms with E-state index in [-0.39, 0.29) is 5.56 Å². The molecule has 2 aromatic carbocycles. The standard InChI is InChI=1S/C22H19N3O3S2/c1-3-11-28-16-10-9-15(12-17(16)27-2)19-23-20-18(21(26)24-19)30-22(29)25(20)13-14-7-5-4-6-8-14/h3-10,12H,1,11,13H2,2H3,(H,23,24,26). The summed E-state index contributed by atoms with van der Waals surface area (Å²) in [6.45, 7) is 4.57. The minimum absolute atomic E-state index is 0.219. The van der Waals surface area contributed by atoms with Gasteiger partial charge in [-0.1, -0.05) is 54.3 Å². The van der Waals surface area contributed by atoms with Crippen molar-refractivity contribution in [2.45, 2.75) is 6.54 Å². The van der Waals surface area contributed by atoms with Gasteiger partial charge in [0.2, 0.25) is 0 Å². The van der Waals surface area contributed by atoms with Gasteiger partial charge in [0.1, 0.15) is 17.1 Å². The van der Waals surface area contributed by atoms with Crippen LogP contribution in [0.4, 0.5) is 0 Å². The molecule has 0 saturated heterocycles. The molecule has 4 aromatic rings. The van der Waals surface area contributed by atoms with Gasteiger partial charge in [-0.3, -0.25) is 4.79 Å². The number of thiazole rings is 1. The molecule has 2 heterocycles. The van der Waals surface area contributed by atoms with Crippen molar-refractivity contribution >= 4 is 33.9 Å². The van der Waals surface area contributed by atoms with E-state index in [9.17, 15) is 4.79 Å². The number of fused-ring (bicyclic) bond motifs is 1. The average molecular weight is 438 g/mol. The smallest absolute Gasteiger partial charge is 0.270 e. The van der Waals surface area contributed by atoms with E-state index in [0.717, 1.165) is 5.56 Å².